The van der Waals surface area contributed by atoms with Gasteiger partial charge >= 0.3 is 25.7 Å². The van der Waals surface area contributed by atoms with Gasteiger partial charge in [0, 0.05) is 19.3 Å². The molecule has 3 aliphatic rings. The maximum atomic E-state index is 14.3. The number of unbranched alkanes of at least 4 members (excludes halogenated alkanes) is 33. The van der Waals surface area contributed by atoms with Gasteiger partial charge in [-0.15, -0.1) is 0 Å². The molecule has 0 amide bonds. The van der Waals surface area contributed by atoms with E-state index >= 15 is 0 Å². The van der Waals surface area contributed by atoms with Gasteiger partial charge in [-0.2, -0.15) is 0 Å². The van der Waals surface area contributed by atoms with E-state index in [0.29, 0.717) is 19.3 Å². The Morgan fingerprint density at radius 2 is 0.700 bits per heavy atom. The van der Waals surface area contributed by atoms with Crippen molar-refractivity contribution in [2.24, 2.45) is 0 Å². The van der Waals surface area contributed by atoms with Crippen molar-refractivity contribution >= 4 is 25.7 Å². The van der Waals surface area contributed by atoms with Crippen LogP contribution >= 0.6 is 7.82 Å². The van der Waals surface area contributed by atoms with Crippen LogP contribution in [-0.2, 0) is 61.2 Å². The molecule has 3 rings (SSSR count). The highest BCUT2D eigenvalue weighted by Gasteiger charge is 2.58. The Balaban J connectivity index is 1.73. The fourth-order valence-electron chi connectivity index (χ4n) is 12.5. The molecular formula is C75H135O24P. The predicted octanol–water partition coefficient (Wildman–Crippen LogP) is 11.1. The maximum Gasteiger partial charge on any atom is 0.472 e. The number of rotatable bonds is 60. The topological polar surface area (TPSA) is 374 Å². The molecule has 18 atom stereocenters. The first-order chi connectivity index (χ1) is 48.3. The normalized spacial score (nSPS) is 27.5. The molecule has 1 saturated carbocycles. The molecule has 584 valence electrons. The Hall–Kier alpha value is -2.82. The second kappa shape index (κ2) is 56.5. The summed E-state index contributed by atoms with van der Waals surface area (Å²) in [5.41, 5.74) is 0. The second-order valence-electron chi connectivity index (χ2n) is 27.7. The summed E-state index contributed by atoms with van der Waals surface area (Å²) in [5.74, 6) is -2.00. The molecule has 25 heteroatoms. The van der Waals surface area contributed by atoms with Crippen LogP contribution in [0, 0.1) is 0 Å². The summed E-state index contributed by atoms with van der Waals surface area (Å²) in [5, 5.41) is 110. The molecule has 0 radical (unpaired) electrons. The molecule has 0 aromatic heterocycles. The third-order valence-corrected chi connectivity index (χ3v) is 19.8. The lowest BCUT2D eigenvalue weighted by molar-refractivity contribution is -0.360. The first-order valence-corrected chi connectivity index (χ1v) is 40.3. The summed E-state index contributed by atoms with van der Waals surface area (Å²) in [4.78, 5) is 51.1. The van der Waals surface area contributed by atoms with Gasteiger partial charge < -0.3 is 89.1 Å². The monoisotopic (exact) mass is 1450 g/mol. The Morgan fingerprint density at radius 1 is 0.380 bits per heavy atom. The molecule has 100 heavy (non-hydrogen) atoms. The van der Waals surface area contributed by atoms with Gasteiger partial charge in [0.1, 0.15) is 98.7 Å². The molecular weight excluding hydrogens is 1320 g/mol. The number of allylic oxidation sites excluding steroid dienone is 6. The lowest BCUT2D eigenvalue weighted by atomic mass is 9.84. The number of hydrogen-bond donors (Lipinski definition) is 11. The Kier molecular flexibility index (Phi) is 51.6. The third-order valence-electron chi connectivity index (χ3n) is 18.9. The van der Waals surface area contributed by atoms with Gasteiger partial charge in [0.15, 0.2) is 18.7 Å². The number of esters is 3. The number of hydrogen-bond acceptors (Lipinski definition) is 23. The van der Waals surface area contributed by atoms with E-state index in [1.807, 2.05) is 0 Å². The number of phosphoric ester groups is 1. The smallest absolute Gasteiger partial charge is 0.463 e. The summed E-state index contributed by atoms with van der Waals surface area (Å²) in [7, 11) is -5.70. The SMILES string of the molecule is CCCCCC/C=C\CCCCCCCCCC(=O)OCC(COP(=O)(O)OC1C(OC2OC(CO)C(O)C(O)C2O)C(O)C(O)C(O)C1OC1OC(COC(=O)CCCCCCCCC/C=C\CCCCCC)C(O)C(O)C1O)OC(=O)CCCCCCCCC/C=C\CCCCCC. The fourth-order valence-corrected chi connectivity index (χ4v) is 13.5. The van der Waals surface area contributed by atoms with Crippen LogP contribution in [0.4, 0.5) is 0 Å². The summed E-state index contributed by atoms with van der Waals surface area (Å²) >= 11 is 0. The van der Waals surface area contributed by atoms with Crippen molar-refractivity contribution in [2.45, 2.75) is 395 Å². The van der Waals surface area contributed by atoms with Crippen LogP contribution in [0.2, 0.25) is 0 Å². The summed E-state index contributed by atoms with van der Waals surface area (Å²) in [6.07, 6.45) is 19.0. The molecule has 24 nitrogen and oxygen atoms in total. The van der Waals surface area contributed by atoms with Gasteiger partial charge in [-0.1, -0.05) is 211 Å². The highest BCUT2D eigenvalue weighted by molar-refractivity contribution is 7.47. The van der Waals surface area contributed by atoms with Crippen molar-refractivity contribution in [1.82, 2.24) is 0 Å². The van der Waals surface area contributed by atoms with E-state index in [0.717, 1.165) is 154 Å². The molecule has 3 fully saturated rings. The van der Waals surface area contributed by atoms with Crippen molar-refractivity contribution in [1.29, 1.82) is 0 Å². The zero-order chi connectivity index (χ0) is 73.2. The van der Waals surface area contributed by atoms with E-state index in [1.165, 1.54) is 77.0 Å². The summed E-state index contributed by atoms with van der Waals surface area (Å²) in [6, 6.07) is 0. The van der Waals surface area contributed by atoms with Gasteiger partial charge in [0.2, 0.25) is 0 Å². The molecule has 2 aliphatic heterocycles. The average molecular weight is 1450 g/mol. The van der Waals surface area contributed by atoms with Gasteiger partial charge in [-0.3, -0.25) is 23.4 Å². The van der Waals surface area contributed by atoms with Gasteiger partial charge in [-0.25, -0.2) is 4.57 Å². The zero-order valence-electron chi connectivity index (χ0n) is 61.0. The van der Waals surface area contributed by atoms with Gasteiger partial charge in [-0.05, 0) is 96.3 Å². The van der Waals surface area contributed by atoms with Crippen LogP contribution in [0.1, 0.15) is 290 Å². The number of carbonyl (C=O) groups excluding carboxylic acids is 3. The number of aliphatic hydroxyl groups excluding tert-OH is 10. The minimum absolute atomic E-state index is 0.0223. The Morgan fingerprint density at radius 3 is 1.08 bits per heavy atom. The van der Waals surface area contributed by atoms with Crippen LogP contribution in [-0.4, -0.2) is 204 Å². The van der Waals surface area contributed by atoms with E-state index in [2.05, 4.69) is 57.2 Å². The molecule has 0 spiro atoms. The molecule has 1 aliphatic carbocycles. The van der Waals surface area contributed by atoms with Crippen LogP contribution in [0.25, 0.3) is 0 Å². The second-order valence-corrected chi connectivity index (χ2v) is 29.1. The van der Waals surface area contributed by atoms with Crippen LogP contribution in [0.3, 0.4) is 0 Å². The highest BCUT2D eigenvalue weighted by Crippen LogP contribution is 2.49. The van der Waals surface area contributed by atoms with E-state index in [-0.39, 0.29) is 19.3 Å². The Bertz CT molecular complexity index is 2210. The minimum atomic E-state index is -5.70. The quantitative estimate of drug-likeness (QED) is 0.00886. The number of carbonyl (C=O) groups is 3. The fraction of sp³-hybridized carbons (Fsp3) is 0.880. The largest absolute Gasteiger partial charge is 0.472 e. The number of phosphoric acid groups is 1. The predicted molar refractivity (Wildman–Crippen MR) is 379 cm³/mol. The van der Waals surface area contributed by atoms with Crippen LogP contribution in [0.5, 0.6) is 0 Å². The average Bonchev–Trinajstić information content (AvgIpc) is 0.762. The standard InChI is InChI=1S/C75H135O24P/c1-4-7-10-13-16-19-22-25-28-31-34-37-40-43-46-49-59(77)91-53-56(94-61(79)51-48-45-42-39-36-33-30-27-24-21-18-15-12-9-6-3)54-93-100(89,90)99-73-71(97-74-69(87)64(82)62(80)57(52-76)95-74)67(85)66(84)68(86)72(73)98-75-70(88)65(83)63(81)58(96-75)55-92-60(78)50-47-44-41-38-35-32-29-26-23-20-17-14-11-8-5-2/h19-24,56-58,62-76,80-88H,4-18,25-55H2,1-3H3,(H,89,90)/b22-19-,23-20-,24-21-. The molecule has 18 unspecified atom stereocenters. The lowest BCUT2D eigenvalue weighted by Crippen LogP contribution is -2.69. The molecule has 0 aromatic carbocycles. The molecule has 2 saturated heterocycles. The minimum Gasteiger partial charge on any atom is -0.463 e. The maximum absolute atomic E-state index is 14.3. The number of ether oxygens (including phenoxy) is 7. The third kappa shape index (κ3) is 39.0. The first kappa shape index (κ1) is 91.4. The first-order valence-electron chi connectivity index (χ1n) is 38.8. The summed E-state index contributed by atoms with van der Waals surface area (Å²) in [6.45, 7) is 3.41. The van der Waals surface area contributed by atoms with Gasteiger partial charge in [0.05, 0.1) is 13.2 Å². The molecule has 0 bridgehead atoms. The molecule has 0 aromatic rings. The molecule has 11 N–H and O–H groups in total. The zero-order valence-corrected chi connectivity index (χ0v) is 61.9. The van der Waals surface area contributed by atoms with E-state index < -0.39 is 156 Å². The van der Waals surface area contributed by atoms with Crippen LogP contribution in [0.15, 0.2) is 36.5 Å². The van der Waals surface area contributed by atoms with Crippen molar-refractivity contribution in [3.05, 3.63) is 36.5 Å². The van der Waals surface area contributed by atoms with E-state index in [1.54, 1.807) is 0 Å². The number of aliphatic hydroxyl groups is 10. The Labute approximate surface area is 597 Å². The van der Waals surface area contributed by atoms with Crippen molar-refractivity contribution in [2.75, 3.05) is 26.4 Å². The van der Waals surface area contributed by atoms with Crippen LogP contribution < -0.4 is 0 Å². The van der Waals surface area contributed by atoms with E-state index in [9.17, 15) is 74.9 Å². The summed E-state index contributed by atoms with van der Waals surface area (Å²) < 4.78 is 65.1. The van der Waals surface area contributed by atoms with Crippen molar-refractivity contribution in [3.8, 4) is 0 Å². The van der Waals surface area contributed by atoms with Gasteiger partial charge in [0.25, 0.3) is 0 Å². The van der Waals surface area contributed by atoms with Crippen molar-refractivity contribution in [3.63, 3.8) is 0 Å². The highest BCUT2D eigenvalue weighted by atomic mass is 31.2. The van der Waals surface area contributed by atoms with Crippen molar-refractivity contribution < 1.29 is 117 Å². The lowest BCUT2D eigenvalue weighted by Gasteiger charge is -2.49. The van der Waals surface area contributed by atoms with E-state index in [4.69, 9.17) is 42.2 Å². The molecule has 2 heterocycles.